The van der Waals surface area contributed by atoms with E-state index in [4.69, 9.17) is 14.2 Å². The van der Waals surface area contributed by atoms with Crippen LogP contribution in [0.4, 0.5) is 9.59 Å². The summed E-state index contributed by atoms with van der Waals surface area (Å²) < 4.78 is 15.8. The lowest BCUT2D eigenvalue weighted by molar-refractivity contribution is -0.00366. The Hall–Kier alpha value is -3.55. The number of methoxy groups -OCH3 is 1. The van der Waals surface area contributed by atoms with Crippen molar-refractivity contribution < 1.29 is 28.6 Å². The lowest BCUT2D eigenvalue weighted by atomic mass is 10.0. The highest BCUT2D eigenvalue weighted by molar-refractivity contribution is 5.89. The summed E-state index contributed by atoms with van der Waals surface area (Å²) in [6.07, 6.45) is -0.902. The first-order valence-corrected chi connectivity index (χ1v) is 10.8. The number of amides is 2. The molecule has 0 saturated carbocycles. The second-order valence-electron chi connectivity index (χ2n) is 8.79. The highest BCUT2D eigenvalue weighted by Crippen LogP contribution is 2.28. The molecule has 2 amide bonds. The summed E-state index contributed by atoms with van der Waals surface area (Å²) in [6.45, 7) is 6.45. The van der Waals surface area contributed by atoms with Crippen molar-refractivity contribution in [3.63, 3.8) is 0 Å². The molecule has 1 aliphatic rings. The maximum absolute atomic E-state index is 12.9. The lowest BCUT2D eigenvalue weighted by Crippen LogP contribution is -2.53. The molecule has 1 heterocycles. The van der Waals surface area contributed by atoms with Crippen molar-refractivity contribution in [2.24, 2.45) is 0 Å². The molecule has 0 aliphatic carbocycles. The number of hydrogen-bond acceptors (Lipinski definition) is 6. The van der Waals surface area contributed by atoms with Crippen molar-refractivity contribution >= 4 is 18.2 Å². The van der Waals surface area contributed by atoms with Crippen molar-refractivity contribution in [3.8, 4) is 0 Å². The van der Waals surface area contributed by atoms with Gasteiger partial charge in [0.05, 0.1) is 18.7 Å². The van der Waals surface area contributed by atoms with E-state index >= 15 is 0 Å². The molecule has 0 radical (unpaired) electrons. The largest absolute Gasteiger partial charge is 0.465 e. The molecule has 3 rings (SSSR count). The molecule has 0 N–H and O–H groups in total. The van der Waals surface area contributed by atoms with Crippen LogP contribution >= 0.6 is 0 Å². The molecule has 2 aromatic carbocycles. The van der Waals surface area contributed by atoms with Crippen LogP contribution in [0.5, 0.6) is 0 Å². The molecule has 0 spiro atoms. The van der Waals surface area contributed by atoms with Gasteiger partial charge in [-0.1, -0.05) is 42.5 Å². The molecule has 1 unspecified atom stereocenters. The predicted octanol–water partition coefficient (Wildman–Crippen LogP) is 4.40. The maximum Gasteiger partial charge on any atom is 0.410 e. The Morgan fingerprint density at radius 3 is 2.21 bits per heavy atom. The Balaban J connectivity index is 1.77. The second-order valence-corrected chi connectivity index (χ2v) is 8.79. The molecule has 8 heteroatoms. The van der Waals surface area contributed by atoms with Crippen LogP contribution < -0.4 is 0 Å². The van der Waals surface area contributed by atoms with Crippen molar-refractivity contribution in [2.45, 2.75) is 39.0 Å². The zero-order valence-electron chi connectivity index (χ0n) is 19.4. The predicted molar refractivity (Wildman–Crippen MR) is 122 cm³/mol. The van der Waals surface area contributed by atoms with Gasteiger partial charge in [0.2, 0.25) is 0 Å². The lowest BCUT2D eigenvalue weighted by Gasteiger charge is -2.41. The number of rotatable bonds is 4. The van der Waals surface area contributed by atoms with E-state index in [0.717, 1.165) is 11.1 Å². The van der Waals surface area contributed by atoms with Gasteiger partial charge in [-0.05, 0) is 44.0 Å². The third-order valence-electron chi connectivity index (χ3n) is 5.19. The first-order valence-electron chi connectivity index (χ1n) is 10.8. The van der Waals surface area contributed by atoms with Crippen LogP contribution in [-0.4, -0.2) is 60.3 Å². The summed E-state index contributed by atoms with van der Waals surface area (Å²) >= 11 is 0. The smallest absolute Gasteiger partial charge is 0.410 e. The van der Waals surface area contributed by atoms with Crippen LogP contribution in [0.25, 0.3) is 0 Å². The summed E-state index contributed by atoms with van der Waals surface area (Å²) in [5.41, 5.74) is 1.42. The molecule has 176 valence electrons. The van der Waals surface area contributed by atoms with Gasteiger partial charge in [-0.3, -0.25) is 4.90 Å². The van der Waals surface area contributed by atoms with Gasteiger partial charge in [0.15, 0.2) is 0 Å². The van der Waals surface area contributed by atoms with Crippen molar-refractivity contribution in [3.05, 3.63) is 71.3 Å². The number of carbonyl (C=O) groups excluding carboxylic acids is 3. The molecular weight excluding hydrogens is 424 g/mol. The first-order chi connectivity index (χ1) is 15.7. The Bertz CT molecular complexity index is 969. The van der Waals surface area contributed by atoms with Crippen LogP contribution in [0, 0.1) is 0 Å². The highest BCUT2D eigenvalue weighted by Gasteiger charge is 2.36. The van der Waals surface area contributed by atoms with E-state index in [9.17, 15) is 14.4 Å². The standard InChI is InChI=1S/C25H30N2O6/c1-25(2,3)33-24(30)27-15-14-26(23(29)32-17-18-8-6-5-7-9-18)16-21(27)19-10-12-20(13-11-19)22(28)31-4/h5-13,21H,14-17H2,1-4H3. The highest BCUT2D eigenvalue weighted by atomic mass is 16.6. The van der Waals surface area contributed by atoms with Gasteiger partial charge in [0.25, 0.3) is 0 Å². The van der Waals surface area contributed by atoms with Gasteiger partial charge in [0.1, 0.15) is 12.2 Å². The van der Waals surface area contributed by atoms with Gasteiger partial charge in [-0.2, -0.15) is 0 Å². The molecule has 2 aromatic rings. The summed E-state index contributed by atoms with van der Waals surface area (Å²) in [6, 6.07) is 15.8. The van der Waals surface area contributed by atoms with E-state index in [2.05, 4.69) is 0 Å². The van der Waals surface area contributed by atoms with Crippen LogP contribution in [0.2, 0.25) is 0 Å². The van der Waals surface area contributed by atoms with Crippen LogP contribution in [0.1, 0.15) is 48.3 Å². The molecule has 33 heavy (non-hydrogen) atoms. The Labute approximate surface area is 194 Å². The van der Waals surface area contributed by atoms with Crippen molar-refractivity contribution in [1.82, 2.24) is 9.80 Å². The van der Waals surface area contributed by atoms with Crippen LogP contribution in [0.3, 0.4) is 0 Å². The number of carbonyl (C=O) groups is 3. The fraction of sp³-hybridized carbons (Fsp3) is 0.400. The fourth-order valence-electron chi connectivity index (χ4n) is 3.54. The molecule has 1 fully saturated rings. The summed E-state index contributed by atoms with van der Waals surface area (Å²) in [5, 5.41) is 0. The molecule has 8 nitrogen and oxygen atoms in total. The molecule has 1 aliphatic heterocycles. The first kappa shape index (κ1) is 24.1. The van der Waals surface area contributed by atoms with E-state index in [1.807, 2.05) is 51.1 Å². The van der Waals surface area contributed by atoms with Gasteiger partial charge in [-0.15, -0.1) is 0 Å². The summed E-state index contributed by atoms with van der Waals surface area (Å²) in [4.78, 5) is 40.6. The van der Waals surface area contributed by atoms with E-state index in [1.165, 1.54) is 7.11 Å². The van der Waals surface area contributed by atoms with Gasteiger partial charge in [-0.25, -0.2) is 14.4 Å². The van der Waals surface area contributed by atoms with E-state index in [0.29, 0.717) is 18.7 Å². The monoisotopic (exact) mass is 454 g/mol. The summed E-state index contributed by atoms with van der Waals surface area (Å²) in [7, 11) is 1.32. The Morgan fingerprint density at radius 1 is 0.939 bits per heavy atom. The SMILES string of the molecule is COC(=O)c1ccc(C2CN(C(=O)OCc3ccccc3)CCN2C(=O)OC(C)(C)C)cc1. The van der Waals surface area contributed by atoms with Crippen molar-refractivity contribution in [1.29, 1.82) is 0 Å². The topological polar surface area (TPSA) is 85.4 Å². The molecule has 1 atom stereocenters. The van der Waals surface area contributed by atoms with E-state index < -0.39 is 29.8 Å². The second kappa shape index (κ2) is 10.4. The normalized spacial score (nSPS) is 16.2. The quantitative estimate of drug-likeness (QED) is 0.503. The van der Waals surface area contributed by atoms with E-state index in [1.54, 1.807) is 34.1 Å². The van der Waals surface area contributed by atoms with Crippen LogP contribution in [0.15, 0.2) is 54.6 Å². The molecule has 1 saturated heterocycles. The summed E-state index contributed by atoms with van der Waals surface area (Å²) in [5.74, 6) is -0.444. The average molecular weight is 455 g/mol. The van der Waals surface area contributed by atoms with Gasteiger partial charge >= 0.3 is 18.2 Å². The fourth-order valence-corrected chi connectivity index (χ4v) is 3.54. The number of ether oxygens (including phenoxy) is 3. The molecular formula is C25H30N2O6. The minimum absolute atomic E-state index is 0.171. The third-order valence-corrected chi connectivity index (χ3v) is 5.19. The zero-order chi connectivity index (χ0) is 24.0. The Kier molecular flexibility index (Phi) is 7.58. The average Bonchev–Trinajstić information content (AvgIpc) is 2.81. The number of esters is 1. The van der Waals surface area contributed by atoms with Gasteiger partial charge < -0.3 is 19.1 Å². The number of piperazine rings is 1. The van der Waals surface area contributed by atoms with Gasteiger partial charge in [0, 0.05) is 19.6 Å². The minimum atomic E-state index is -0.651. The number of benzene rings is 2. The molecule has 0 bridgehead atoms. The molecule has 0 aromatic heterocycles. The minimum Gasteiger partial charge on any atom is -0.465 e. The third kappa shape index (κ3) is 6.47. The number of nitrogens with zero attached hydrogens (tertiary/aromatic N) is 2. The van der Waals surface area contributed by atoms with Crippen molar-refractivity contribution in [2.75, 3.05) is 26.7 Å². The Morgan fingerprint density at radius 2 is 1.61 bits per heavy atom. The maximum atomic E-state index is 12.9. The van der Waals surface area contributed by atoms with Crippen LogP contribution in [-0.2, 0) is 20.8 Å². The van der Waals surface area contributed by atoms with E-state index in [-0.39, 0.29) is 13.2 Å². The zero-order valence-corrected chi connectivity index (χ0v) is 19.4. The number of hydrogen-bond donors (Lipinski definition) is 0.